The van der Waals surface area contributed by atoms with Gasteiger partial charge in [-0.2, -0.15) is 10.2 Å². The van der Waals surface area contributed by atoms with E-state index in [-0.39, 0.29) is 11.6 Å². The van der Waals surface area contributed by atoms with E-state index in [1.807, 2.05) is 48.8 Å². The number of aromatic nitrogens is 4. The van der Waals surface area contributed by atoms with Crippen LogP contribution < -0.4 is 5.56 Å². The van der Waals surface area contributed by atoms with E-state index in [0.29, 0.717) is 0 Å². The third-order valence-electron chi connectivity index (χ3n) is 4.40. The molecule has 0 radical (unpaired) electrons. The van der Waals surface area contributed by atoms with E-state index in [4.69, 9.17) is 5.10 Å². The van der Waals surface area contributed by atoms with E-state index >= 15 is 0 Å². The largest absolute Gasteiger partial charge is 0.268 e. The summed E-state index contributed by atoms with van der Waals surface area (Å²) < 4.78 is 3.38. The molecule has 0 N–H and O–H groups in total. The summed E-state index contributed by atoms with van der Waals surface area (Å²) in [7, 11) is 0. The summed E-state index contributed by atoms with van der Waals surface area (Å²) in [6.07, 6.45) is 1.93. The average molecular weight is 344 g/mol. The molecule has 3 aromatic heterocycles. The lowest BCUT2D eigenvalue weighted by atomic mass is 10.0. The van der Waals surface area contributed by atoms with Gasteiger partial charge >= 0.3 is 0 Å². The number of hydrogen-bond acceptors (Lipinski definition) is 3. The second kappa shape index (κ2) is 6.26. The Morgan fingerprint density at radius 1 is 0.962 bits per heavy atom. The van der Waals surface area contributed by atoms with Crippen molar-refractivity contribution in [3.05, 3.63) is 76.7 Å². The molecule has 5 nitrogen and oxygen atoms in total. The van der Waals surface area contributed by atoms with Gasteiger partial charge in [0.15, 0.2) is 0 Å². The van der Waals surface area contributed by atoms with Gasteiger partial charge in [0.05, 0.1) is 22.8 Å². The van der Waals surface area contributed by atoms with E-state index < -0.39 is 0 Å². The molecule has 0 bridgehead atoms. The smallest absolute Gasteiger partial charge is 0.267 e. The quantitative estimate of drug-likeness (QED) is 0.562. The van der Waals surface area contributed by atoms with Crippen LogP contribution in [0.3, 0.4) is 0 Å². The van der Waals surface area contributed by atoms with Crippen molar-refractivity contribution in [2.24, 2.45) is 0 Å². The SMILES string of the molecule is Cc1cccc(-c2nn3ccccc3c2-c2ccc(=O)n(C(C)C)n2)c1. The summed E-state index contributed by atoms with van der Waals surface area (Å²) >= 11 is 0. The van der Waals surface area contributed by atoms with Crippen LogP contribution in [0, 0.1) is 6.92 Å². The lowest BCUT2D eigenvalue weighted by molar-refractivity contribution is 0.505. The molecule has 4 rings (SSSR count). The standard InChI is InChI=1S/C21H20N4O/c1-14(2)25-19(26)11-10-17(22-25)20-18-9-4-5-12-24(18)23-21(20)16-8-6-7-15(3)13-16/h4-14H,1-3H3. The third kappa shape index (κ3) is 2.71. The maximum absolute atomic E-state index is 12.1. The molecule has 0 amide bonds. The van der Waals surface area contributed by atoms with Crippen LogP contribution in [-0.4, -0.2) is 19.4 Å². The number of nitrogens with zero attached hydrogens (tertiary/aromatic N) is 4. The second-order valence-corrected chi connectivity index (χ2v) is 6.72. The van der Waals surface area contributed by atoms with Crippen LogP contribution in [0.25, 0.3) is 28.0 Å². The molecule has 3 heterocycles. The highest BCUT2D eigenvalue weighted by Crippen LogP contribution is 2.34. The Bertz CT molecular complexity index is 1150. The van der Waals surface area contributed by atoms with Crippen LogP contribution in [-0.2, 0) is 0 Å². The van der Waals surface area contributed by atoms with Crippen molar-refractivity contribution in [2.45, 2.75) is 26.8 Å². The van der Waals surface area contributed by atoms with Crippen LogP contribution in [0.2, 0.25) is 0 Å². The van der Waals surface area contributed by atoms with Crippen molar-refractivity contribution in [3.8, 4) is 22.5 Å². The molecule has 0 fully saturated rings. The first-order valence-corrected chi connectivity index (χ1v) is 8.69. The maximum atomic E-state index is 12.1. The van der Waals surface area contributed by atoms with Crippen LogP contribution in [0.15, 0.2) is 65.6 Å². The van der Waals surface area contributed by atoms with Crippen molar-refractivity contribution >= 4 is 5.52 Å². The molecule has 4 aromatic rings. The summed E-state index contributed by atoms with van der Waals surface area (Å²) in [5.41, 5.74) is 5.61. The van der Waals surface area contributed by atoms with E-state index in [9.17, 15) is 4.79 Å². The van der Waals surface area contributed by atoms with Gasteiger partial charge in [-0.15, -0.1) is 0 Å². The van der Waals surface area contributed by atoms with Crippen molar-refractivity contribution in [3.63, 3.8) is 0 Å². The van der Waals surface area contributed by atoms with Gasteiger partial charge in [0.1, 0.15) is 5.69 Å². The number of aryl methyl sites for hydroxylation is 1. The minimum Gasteiger partial charge on any atom is -0.268 e. The van der Waals surface area contributed by atoms with Crippen LogP contribution >= 0.6 is 0 Å². The van der Waals surface area contributed by atoms with E-state index in [0.717, 1.165) is 28.0 Å². The molecule has 0 aliphatic heterocycles. The molecule has 0 aliphatic rings. The molecule has 0 spiro atoms. The van der Waals surface area contributed by atoms with Crippen LogP contribution in [0.1, 0.15) is 25.5 Å². The fourth-order valence-corrected chi connectivity index (χ4v) is 3.17. The van der Waals surface area contributed by atoms with Gasteiger partial charge in [-0.1, -0.05) is 29.8 Å². The van der Waals surface area contributed by atoms with Gasteiger partial charge in [-0.3, -0.25) is 4.79 Å². The molecule has 0 aliphatic carbocycles. The van der Waals surface area contributed by atoms with Crippen molar-refractivity contribution in [1.29, 1.82) is 0 Å². The average Bonchev–Trinajstić information content (AvgIpc) is 3.01. The second-order valence-electron chi connectivity index (χ2n) is 6.72. The first kappa shape index (κ1) is 16.3. The minimum atomic E-state index is -0.0997. The van der Waals surface area contributed by atoms with Gasteiger partial charge in [0, 0.05) is 17.8 Å². The van der Waals surface area contributed by atoms with Crippen molar-refractivity contribution < 1.29 is 0 Å². The third-order valence-corrected chi connectivity index (χ3v) is 4.40. The summed E-state index contributed by atoms with van der Waals surface area (Å²) in [5, 5.41) is 9.41. The molecule has 0 saturated carbocycles. The Balaban J connectivity index is 2.04. The first-order valence-electron chi connectivity index (χ1n) is 8.69. The summed E-state index contributed by atoms with van der Waals surface area (Å²) in [6.45, 7) is 5.97. The monoisotopic (exact) mass is 344 g/mol. The fraction of sp³-hybridized carbons (Fsp3) is 0.190. The zero-order chi connectivity index (χ0) is 18.3. The molecule has 0 saturated heterocycles. The van der Waals surface area contributed by atoms with Crippen molar-refractivity contribution in [2.75, 3.05) is 0 Å². The molecule has 5 heteroatoms. The number of fused-ring (bicyclic) bond motifs is 1. The van der Waals surface area contributed by atoms with E-state index in [1.54, 1.807) is 12.1 Å². The maximum Gasteiger partial charge on any atom is 0.267 e. The highest BCUT2D eigenvalue weighted by atomic mass is 16.1. The van der Waals surface area contributed by atoms with Gasteiger partial charge in [-0.05, 0) is 45.0 Å². The lowest BCUT2D eigenvalue weighted by Gasteiger charge is -2.10. The predicted octanol–water partition coefficient (Wildman–Crippen LogP) is 4.11. The van der Waals surface area contributed by atoms with E-state index in [1.165, 1.54) is 10.2 Å². The zero-order valence-electron chi connectivity index (χ0n) is 15.0. The van der Waals surface area contributed by atoms with Gasteiger partial charge in [0.2, 0.25) is 0 Å². The summed E-state index contributed by atoms with van der Waals surface area (Å²) in [4.78, 5) is 12.1. The molecule has 0 unspecified atom stereocenters. The lowest BCUT2D eigenvalue weighted by Crippen LogP contribution is -2.23. The summed E-state index contributed by atoms with van der Waals surface area (Å²) in [5.74, 6) is 0. The molecule has 1 aromatic carbocycles. The first-order chi connectivity index (χ1) is 12.5. The molecular formula is C21H20N4O. The van der Waals surface area contributed by atoms with Crippen LogP contribution in [0.5, 0.6) is 0 Å². The minimum absolute atomic E-state index is 0.00768. The molecule has 26 heavy (non-hydrogen) atoms. The number of pyridine rings is 1. The van der Waals surface area contributed by atoms with E-state index in [2.05, 4.69) is 30.2 Å². The Kier molecular flexibility index (Phi) is 3.92. The number of rotatable bonds is 3. The molecular weight excluding hydrogens is 324 g/mol. The number of benzene rings is 1. The Labute approximate surface area is 151 Å². The Morgan fingerprint density at radius 3 is 2.58 bits per heavy atom. The predicted molar refractivity (Wildman–Crippen MR) is 103 cm³/mol. The van der Waals surface area contributed by atoms with Gasteiger partial charge < -0.3 is 0 Å². The molecule has 0 atom stereocenters. The topological polar surface area (TPSA) is 52.2 Å². The Morgan fingerprint density at radius 2 is 1.81 bits per heavy atom. The molecule has 130 valence electrons. The zero-order valence-corrected chi connectivity index (χ0v) is 15.0. The normalized spacial score (nSPS) is 11.4. The van der Waals surface area contributed by atoms with Gasteiger partial charge in [0.25, 0.3) is 5.56 Å². The van der Waals surface area contributed by atoms with Gasteiger partial charge in [-0.25, -0.2) is 9.20 Å². The van der Waals surface area contributed by atoms with Crippen LogP contribution in [0.4, 0.5) is 0 Å². The summed E-state index contributed by atoms with van der Waals surface area (Å²) in [6, 6.07) is 17.6. The fourth-order valence-electron chi connectivity index (χ4n) is 3.17. The highest BCUT2D eigenvalue weighted by Gasteiger charge is 2.18. The highest BCUT2D eigenvalue weighted by molar-refractivity contribution is 5.90. The Hall–Kier alpha value is -3.21. The van der Waals surface area contributed by atoms with Crippen molar-refractivity contribution in [1.82, 2.24) is 19.4 Å². The number of hydrogen-bond donors (Lipinski definition) is 0.